The molecule has 1 N–H and O–H groups in total. The number of alkyl carbamates (subject to hydrolysis) is 1. The summed E-state index contributed by atoms with van der Waals surface area (Å²) in [5.41, 5.74) is -0.588. The van der Waals surface area contributed by atoms with E-state index in [-0.39, 0.29) is 6.04 Å². The summed E-state index contributed by atoms with van der Waals surface area (Å²) in [7, 11) is -4.06. The van der Waals surface area contributed by atoms with Crippen molar-refractivity contribution >= 4 is 22.4 Å². The molecule has 1 aliphatic rings. The van der Waals surface area contributed by atoms with E-state index in [1.165, 1.54) is 19.3 Å². The highest BCUT2D eigenvalue weighted by Gasteiger charge is 2.46. The topological polar surface area (TPSA) is 73.9 Å². The predicted octanol–water partition coefficient (Wildman–Crippen LogP) is 6.20. The number of carbonyl (C=O) groups is 1. The van der Waals surface area contributed by atoms with E-state index in [1.807, 2.05) is 27.7 Å². The Labute approximate surface area is 173 Å². The maximum absolute atomic E-state index is 13.0. The van der Waals surface area contributed by atoms with Gasteiger partial charge >= 0.3 is 14.1 Å². The zero-order valence-corrected chi connectivity index (χ0v) is 20.8. The summed E-state index contributed by atoms with van der Waals surface area (Å²) in [5.74, 6) is -0.154. The van der Waals surface area contributed by atoms with Gasteiger partial charge in [-0.1, -0.05) is 39.0 Å². The van der Waals surface area contributed by atoms with Gasteiger partial charge in [-0.2, -0.15) is 0 Å². The lowest BCUT2D eigenvalue weighted by molar-refractivity contribution is 0.0454. The van der Waals surface area contributed by atoms with Gasteiger partial charge in [0.05, 0.1) is 0 Å². The van der Waals surface area contributed by atoms with Crippen LogP contribution in [0.25, 0.3) is 0 Å². The fourth-order valence-corrected chi connectivity index (χ4v) is 6.56. The predicted molar refractivity (Wildman–Crippen MR) is 116 cm³/mol. The van der Waals surface area contributed by atoms with E-state index in [4.69, 9.17) is 13.7 Å². The third-order valence-electron chi connectivity index (χ3n) is 4.46. The molecule has 0 spiro atoms. The first kappa shape index (κ1) is 25.5. The maximum atomic E-state index is 13.0. The van der Waals surface area contributed by atoms with Crippen molar-refractivity contribution in [1.82, 2.24) is 5.32 Å². The van der Waals surface area contributed by atoms with Gasteiger partial charge in [0.25, 0.3) is 5.85 Å². The summed E-state index contributed by atoms with van der Waals surface area (Å²) >= 11 is 0. The smallest absolute Gasteiger partial charge is 0.444 e. The van der Waals surface area contributed by atoms with Gasteiger partial charge < -0.3 is 14.5 Å². The standard InChI is InChI=1S/C20H40NO5PSi/c1-8-14-24-27(23)18(26-28(5,6)7)17(15-16-12-10-9-11-13-16)21-19(22)25-20(2,3)4/h16-18H,8-15H2,1-7H3/p+1/t17-,18?/m0/s1. The summed E-state index contributed by atoms with van der Waals surface area (Å²) < 4.78 is 30.3. The molecule has 0 heterocycles. The van der Waals surface area contributed by atoms with E-state index in [9.17, 15) is 9.36 Å². The molecule has 0 aromatic carbocycles. The van der Waals surface area contributed by atoms with Crippen LogP contribution >= 0.6 is 8.03 Å². The molecule has 0 aliphatic heterocycles. The highest BCUT2D eigenvalue weighted by molar-refractivity contribution is 7.40. The van der Waals surface area contributed by atoms with E-state index in [2.05, 4.69) is 25.0 Å². The number of hydrogen-bond donors (Lipinski definition) is 1. The van der Waals surface area contributed by atoms with Crippen molar-refractivity contribution in [2.75, 3.05) is 6.61 Å². The zero-order valence-electron chi connectivity index (χ0n) is 18.9. The normalized spacial score (nSPS) is 19.0. The summed E-state index contributed by atoms with van der Waals surface area (Å²) in [4.78, 5) is 12.5. The van der Waals surface area contributed by atoms with Gasteiger partial charge in [-0.05, 0) is 63.7 Å². The fraction of sp³-hybridized carbons (Fsp3) is 0.950. The molecule has 0 aromatic rings. The van der Waals surface area contributed by atoms with Crippen molar-refractivity contribution in [3.63, 3.8) is 0 Å². The van der Waals surface area contributed by atoms with E-state index in [0.29, 0.717) is 12.5 Å². The summed E-state index contributed by atoms with van der Waals surface area (Å²) in [6.45, 7) is 14.1. The number of ether oxygens (including phenoxy) is 1. The third-order valence-corrected chi connectivity index (χ3v) is 6.94. The van der Waals surface area contributed by atoms with Gasteiger partial charge in [0.2, 0.25) is 0 Å². The van der Waals surface area contributed by atoms with Gasteiger partial charge in [0.1, 0.15) is 18.2 Å². The Morgan fingerprint density at radius 1 is 1.18 bits per heavy atom. The number of hydrogen-bond acceptors (Lipinski definition) is 5. The molecule has 164 valence electrons. The van der Waals surface area contributed by atoms with Crippen LogP contribution in [0, 0.1) is 5.92 Å². The molecule has 6 nitrogen and oxygen atoms in total. The third kappa shape index (κ3) is 10.9. The van der Waals surface area contributed by atoms with Crippen molar-refractivity contribution in [1.29, 1.82) is 0 Å². The van der Waals surface area contributed by atoms with Crippen LogP contribution in [0.5, 0.6) is 0 Å². The molecule has 0 bridgehead atoms. The first-order valence-electron chi connectivity index (χ1n) is 10.7. The molecule has 3 atom stereocenters. The second-order valence-electron chi connectivity index (χ2n) is 9.73. The van der Waals surface area contributed by atoms with Crippen molar-refractivity contribution in [3.05, 3.63) is 0 Å². The first-order chi connectivity index (χ1) is 12.9. The molecule has 28 heavy (non-hydrogen) atoms. The molecular weight excluding hydrogens is 393 g/mol. The molecule has 2 unspecified atom stereocenters. The first-order valence-corrected chi connectivity index (χ1v) is 15.3. The van der Waals surface area contributed by atoms with Crippen LogP contribution in [0.15, 0.2) is 0 Å². The minimum atomic E-state index is -2.05. The Morgan fingerprint density at radius 3 is 2.29 bits per heavy atom. The second kappa shape index (κ2) is 11.6. The molecule has 0 saturated heterocycles. The Bertz CT molecular complexity index is 498. The molecule has 1 rings (SSSR count). The van der Waals surface area contributed by atoms with Crippen molar-refractivity contribution in [2.24, 2.45) is 5.92 Å². The number of nitrogens with one attached hydrogen (secondary N) is 1. The fourth-order valence-electron chi connectivity index (χ4n) is 3.38. The average Bonchev–Trinajstić information content (AvgIpc) is 2.55. The molecule has 1 aliphatic carbocycles. The summed E-state index contributed by atoms with van der Waals surface area (Å²) in [5, 5.41) is 2.97. The van der Waals surface area contributed by atoms with Crippen LogP contribution in [-0.2, 0) is 18.3 Å². The van der Waals surface area contributed by atoms with E-state index in [0.717, 1.165) is 25.7 Å². The van der Waals surface area contributed by atoms with Crippen LogP contribution in [0.3, 0.4) is 0 Å². The largest absolute Gasteiger partial charge is 0.541 e. The lowest BCUT2D eigenvalue weighted by Crippen LogP contribution is -2.49. The summed E-state index contributed by atoms with van der Waals surface area (Å²) in [6, 6.07) is -0.384. The highest BCUT2D eigenvalue weighted by atomic mass is 31.1. The Kier molecular flexibility index (Phi) is 10.6. The van der Waals surface area contributed by atoms with Gasteiger partial charge in [-0.3, -0.25) is 0 Å². The number of rotatable bonds is 10. The Hall–Kier alpha value is -0.493. The van der Waals surface area contributed by atoms with Crippen LogP contribution in [0.4, 0.5) is 4.79 Å². The van der Waals surface area contributed by atoms with Gasteiger partial charge in [0.15, 0.2) is 8.32 Å². The van der Waals surface area contributed by atoms with Crippen molar-refractivity contribution < 1.29 is 23.0 Å². The molecule has 1 saturated carbocycles. The van der Waals surface area contributed by atoms with Crippen molar-refractivity contribution in [3.8, 4) is 0 Å². The minimum Gasteiger partial charge on any atom is -0.444 e. The summed E-state index contributed by atoms with van der Waals surface area (Å²) in [6.07, 6.45) is 7.00. The van der Waals surface area contributed by atoms with E-state index < -0.39 is 33.9 Å². The van der Waals surface area contributed by atoms with Crippen LogP contribution < -0.4 is 5.32 Å². The lowest BCUT2D eigenvalue weighted by Gasteiger charge is -2.31. The molecule has 0 aromatic heterocycles. The van der Waals surface area contributed by atoms with E-state index in [1.54, 1.807) is 0 Å². The van der Waals surface area contributed by atoms with Gasteiger partial charge in [-0.25, -0.2) is 4.79 Å². The molecule has 0 radical (unpaired) electrons. The van der Waals surface area contributed by atoms with Gasteiger partial charge in [-0.15, -0.1) is 4.52 Å². The zero-order chi connectivity index (χ0) is 21.4. The molecule has 8 heteroatoms. The monoisotopic (exact) mass is 434 g/mol. The number of amides is 1. The quantitative estimate of drug-likeness (QED) is 0.327. The van der Waals surface area contributed by atoms with Crippen molar-refractivity contribution in [2.45, 2.75) is 110 Å². The molecule has 1 amide bonds. The molecule has 1 fully saturated rings. The van der Waals surface area contributed by atoms with Crippen LogP contribution in [-0.4, -0.2) is 38.5 Å². The maximum Gasteiger partial charge on any atom is 0.541 e. The second-order valence-corrected chi connectivity index (χ2v) is 15.5. The minimum absolute atomic E-state index is 0.384. The van der Waals surface area contributed by atoms with Crippen LogP contribution in [0.1, 0.15) is 72.6 Å². The average molecular weight is 435 g/mol. The lowest BCUT2D eigenvalue weighted by atomic mass is 9.85. The Balaban J connectivity index is 3.01. The van der Waals surface area contributed by atoms with Crippen LogP contribution in [0.2, 0.25) is 19.6 Å². The SMILES string of the molecule is CCCO[P+](=O)C(O[Si](C)(C)C)[C@H](CC1CCCCC1)NC(=O)OC(C)(C)C. The Morgan fingerprint density at radius 2 is 1.79 bits per heavy atom. The molecular formula is C20H41NO5PSi+. The highest BCUT2D eigenvalue weighted by Crippen LogP contribution is 2.38. The number of carbonyl (C=O) groups excluding carboxylic acids is 1. The van der Waals surface area contributed by atoms with E-state index >= 15 is 0 Å². The van der Waals surface area contributed by atoms with Gasteiger partial charge in [0, 0.05) is 0 Å².